The van der Waals surface area contributed by atoms with E-state index in [-0.39, 0.29) is 0 Å². The van der Waals surface area contributed by atoms with Gasteiger partial charge in [-0.25, -0.2) is 0 Å². The van der Waals surface area contributed by atoms with Gasteiger partial charge in [-0.3, -0.25) is 0 Å². The number of hydrogen-bond acceptors (Lipinski definition) is 1. The van der Waals surface area contributed by atoms with E-state index in [4.69, 9.17) is 0 Å². The number of nitrogens with zero attached hydrogens (tertiary/aromatic N) is 1. The summed E-state index contributed by atoms with van der Waals surface area (Å²) in [5.74, 6) is 0. The highest BCUT2D eigenvalue weighted by molar-refractivity contribution is 9.12. The van der Waals surface area contributed by atoms with Gasteiger partial charge in [0.15, 0.2) is 0 Å². The Morgan fingerprint density at radius 1 is 1.19 bits per heavy atom. The number of aryl methyl sites for hydroxylation is 1. The Morgan fingerprint density at radius 3 is 2.56 bits per heavy atom. The molecule has 2 rings (SSSR count). The summed E-state index contributed by atoms with van der Waals surface area (Å²) in [5.41, 5.74) is 4.70. The quantitative estimate of drug-likeness (QED) is 0.747. The molecule has 82 valence electrons. The molecule has 0 fully saturated rings. The normalized spacial score (nSPS) is 15.9. The molecule has 0 aliphatic carbocycles. The van der Waals surface area contributed by atoms with Gasteiger partial charge in [0.25, 0.3) is 0 Å². The predicted molar refractivity (Wildman–Crippen MR) is 73.1 cm³/mol. The van der Waals surface area contributed by atoms with Crippen LogP contribution in [0.15, 0.2) is 53.2 Å². The molecular formula is C14H14BrN. The van der Waals surface area contributed by atoms with Crippen molar-refractivity contribution >= 4 is 21.6 Å². The lowest BCUT2D eigenvalue weighted by Gasteiger charge is -2.28. The van der Waals surface area contributed by atoms with E-state index >= 15 is 0 Å². The maximum atomic E-state index is 4.05. The molecule has 0 N–H and O–H groups in total. The van der Waals surface area contributed by atoms with Crippen LogP contribution in [0.2, 0.25) is 0 Å². The van der Waals surface area contributed by atoms with Crippen LogP contribution in [0.25, 0.3) is 5.70 Å². The fourth-order valence-corrected chi connectivity index (χ4v) is 2.19. The van der Waals surface area contributed by atoms with E-state index in [1.807, 2.05) is 13.1 Å². The summed E-state index contributed by atoms with van der Waals surface area (Å²) >= 11 is 3.49. The summed E-state index contributed by atoms with van der Waals surface area (Å²) < 4.78 is 1.03. The Labute approximate surface area is 105 Å². The lowest BCUT2D eigenvalue weighted by molar-refractivity contribution is 0.612. The van der Waals surface area contributed by atoms with Crippen molar-refractivity contribution in [3.05, 3.63) is 64.3 Å². The Balaban J connectivity index is 2.50. The van der Waals surface area contributed by atoms with Crippen LogP contribution >= 0.6 is 15.9 Å². The number of allylic oxidation sites excluding steroid dienone is 3. The highest BCUT2D eigenvalue weighted by Gasteiger charge is 2.16. The van der Waals surface area contributed by atoms with E-state index in [9.17, 15) is 0 Å². The average molecular weight is 276 g/mol. The molecule has 16 heavy (non-hydrogen) atoms. The van der Waals surface area contributed by atoms with Crippen LogP contribution in [0.5, 0.6) is 0 Å². The van der Waals surface area contributed by atoms with Crippen LogP contribution in [0, 0.1) is 6.92 Å². The summed E-state index contributed by atoms with van der Waals surface area (Å²) in [6, 6.07) is 8.38. The monoisotopic (exact) mass is 275 g/mol. The Morgan fingerprint density at radius 2 is 1.88 bits per heavy atom. The number of hydrogen-bond donors (Lipinski definition) is 0. The van der Waals surface area contributed by atoms with Crippen molar-refractivity contribution < 1.29 is 0 Å². The maximum absolute atomic E-state index is 4.05. The van der Waals surface area contributed by atoms with Crippen molar-refractivity contribution in [3.63, 3.8) is 0 Å². The second-order valence-electron chi connectivity index (χ2n) is 3.89. The van der Waals surface area contributed by atoms with E-state index in [0.717, 1.165) is 10.2 Å². The molecule has 1 heterocycles. The van der Waals surface area contributed by atoms with Gasteiger partial charge in [-0.15, -0.1) is 0 Å². The van der Waals surface area contributed by atoms with Gasteiger partial charge >= 0.3 is 0 Å². The molecule has 1 nitrogen and oxygen atoms in total. The van der Waals surface area contributed by atoms with E-state index in [0.29, 0.717) is 0 Å². The largest absolute Gasteiger partial charge is 0.344 e. The minimum atomic E-state index is 0.987. The molecule has 0 radical (unpaired) electrons. The van der Waals surface area contributed by atoms with Gasteiger partial charge in [0.05, 0.1) is 0 Å². The van der Waals surface area contributed by atoms with Crippen LogP contribution in [-0.2, 0) is 0 Å². The molecule has 0 saturated heterocycles. The SMILES string of the molecule is C=C1C(Br)=CC=C(c2ccccc2C)N1C. The van der Waals surface area contributed by atoms with Crippen molar-refractivity contribution in [3.8, 4) is 0 Å². The number of likely N-dealkylation sites (N-methyl/N-ethyl adjacent to an activating group) is 1. The standard InChI is InChI=1S/C14H14BrN/c1-10-6-4-5-7-12(10)14-9-8-13(15)11(2)16(14)3/h4-9H,2H2,1,3H3. The van der Waals surface area contributed by atoms with Crippen LogP contribution in [0.1, 0.15) is 11.1 Å². The first-order valence-corrected chi connectivity index (χ1v) is 5.97. The third kappa shape index (κ3) is 1.85. The summed E-state index contributed by atoms with van der Waals surface area (Å²) in [6.07, 6.45) is 4.16. The molecule has 0 bridgehead atoms. The third-order valence-electron chi connectivity index (χ3n) is 2.85. The van der Waals surface area contributed by atoms with Gasteiger partial charge in [0, 0.05) is 28.5 Å². The molecule has 1 aliphatic heterocycles. The topological polar surface area (TPSA) is 3.24 Å². The second-order valence-corrected chi connectivity index (χ2v) is 4.74. The molecule has 0 aromatic heterocycles. The van der Waals surface area contributed by atoms with Crippen LogP contribution in [0.4, 0.5) is 0 Å². The minimum Gasteiger partial charge on any atom is -0.344 e. The van der Waals surface area contributed by atoms with E-state index in [1.54, 1.807) is 0 Å². The van der Waals surface area contributed by atoms with Crippen molar-refractivity contribution in [2.45, 2.75) is 6.92 Å². The van der Waals surface area contributed by atoms with Gasteiger partial charge in [0.2, 0.25) is 0 Å². The smallest absolute Gasteiger partial charge is 0.0484 e. The van der Waals surface area contributed by atoms with Gasteiger partial charge in [-0.1, -0.05) is 30.8 Å². The van der Waals surface area contributed by atoms with Gasteiger partial charge < -0.3 is 4.90 Å². The first-order valence-electron chi connectivity index (χ1n) is 5.17. The fraction of sp³-hybridized carbons (Fsp3) is 0.143. The molecule has 0 unspecified atom stereocenters. The summed E-state index contributed by atoms with van der Waals surface area (Å²) in [4.78, 5) is 2.10. The van der Waals surface area contributed by atoms with Crippen molar-refractivity contribution in [1.82, 2.24) is 4.90 Å². The molecule has 0 amide bonds. The zero-order valence-electron chi connectivity index (χ0n) is 9.50. The molecule has 1 aliphatic rings. The molecule has 1 aromatic carbocycles. The second kappa shape index (κ2) is 4.30. The van der Waals surface area contributed by atoms with Gasteiger partial charge in [-0.05, 0) is 40.6 Å². The Bertz CT molecular complexity index is 497. The molecule has 1 aromatic rings. The summed E-state index contributed by atoms with van der Waals surface area (Å²) in [5, 5.41) is 0. The van der Waals surface area contributed by atoms with Crippen LogP contribution in [0.3, 0.4) is 0 Å². The van der Waals surface area contributed by atoms with E-state index in [2.05, 4.69) is 64.7 Å². The highest BCUT2D eigenvalue weighted by Crippen LogP contribution is 2.32. The van der Waals surface area contributed by atoms with Crippen LogP contribution in [-0.4, -0.2) is 11.9 Å². The average Bonchev–Trinajstić information content (AvgIpc) is 2.28. The summed E-state index contributed by atoms with van der Waals surface area (Å²) in [7, 11) is 2.04. The van der Waals surface area contributed by atoms with Gasteiger partial charge in [0.1, 0.15) is 0 Å². The molecular weight excluding hydrogens is 262 g/mol. The Kier molecular flexibility index (Phi) is 3.01. The summed E-state index contributed by atoms with van der Waals surface area (Å²) in [6.45, 7) is 6.18. The number of halogens is 1. The first-order chi connectivity index (χ1) is 7.61. The Hall–Kier alpha value is -1.28. The predicted octanol–water partition coefficient (Wildman–Crippen LogP) is 4.07. The van der Waals surface area contributed by atoms with E-state index < -0.39 is 0 Å². The molecule has 0 atom stereocenters. The van der Waals surface area contributed by atoms with Gasteiger partial charge in [-0.2, -0.15) is 0 Å². The fourth-order valence-electron chi connectivity index (χ4n) is 1.80. The minimum absolute atomic E-state index is 0.987. The molecule has 0 spiro atoms. The first kappa shape index (κ1) is 11.2. The number of rotatable bonds is 1. The maximum Gasteiger partial charge on any atom is 0.0484 e. The van der Waals surface area contributed by atoms with Crippen molar-refractivity contribution in [1.29, 1.82) is 0 Å². The number of benzene rings is 1. The van der Waals surface area contributed by atoms with Crippen LogP contribution < -0.4 is 0 Å². The van der Waals surface area contributed by atoms with Crippen molar-refractivity contribution in [2.75, 3.05) is 7.05 Å². The molecule has 2 heteroatoms. The lowest BCUT2D eigenvalue weighted by Crippen LogP contribution is -2.18. The highest BCUT2D eigenvalue weighted by atomic mass is 79.9. The van der Waals surface area contributed by atoms with Crippen molar-refractivity contribution in [2.24, 2.45) is 0 Å². The molecule has 0 saturated carbocycles. The third-order valence-corrected chi connectivity index (χ3v) is 3.57. The zero-order valence-corrected chi connectivity index (χ0v) is 11.1. The zero-order chi connectivity index (χ0) is 11.7. The van der Waals surface area contributed by atoms with E-state index in [1.165, 1.54) is 16.8 Å². The lowest BCUT2D eigenvalue weighted by atomic mass is 10.0.